The molecule has 2 heteroatoms. The van der Waals surface area contributed by atoms with Crippen LogP contribution in [0, 0.1) is 0 Å². The molecule has 0 saturated carbocycles. The molecule has 4 rings (SSSR count). The number of benzene rings is 2. The summed E-state index contributed by atoms with van der Waals surface area (Å²) in [5.74, 6) is 0. The Labute approximate surface area is 106 Å². The Bertz CT molecular complexity index is 711. The smallest absolute Gasteiger partial charge is 0.0965 e. The van der Waals surface area contributed by atoms with Crippen molar-refractivity contribution in [2.24, 2.45) is 0 Å². The summed E-state index contributed by atoms with van der Waals surface area (Å²) in [5, 5.41) is 4.72. The van der Waals surface area contributed by atoms with E-state index in [1.165, 1.54) is 16.7 Å². The van der Waals surface area contributed by atoms with Gasteiger partial charge in [0.05, 0.1) is 11.4 Å². The Hall–Kier alpha value is -2.35. The Morgan fingerprint density at radius 3 is 2.50 bits per heavy atom. The minimum Gasteiger partial charge on any atom is -0.240 e. The third kappa shape index (κ3) is 1.32. The highest BCUT2D eigenvalue weighted by Crippen LogP contribution is 2.35. The molecule has 1 aliphatic rings. The van der Waals surface area contributed by atoms with E-state index < -0.39 is 0 Å². The Balaban J connectivity index is 1.86. The van der Waals surface area contributed by atoms with Crippen LogP contribution in [0.5, 0.6) is 0 Å². The van der Waals surface area contributed by atoms with E-state index in [1.807, 2.05) is 22.9 Å². The first-order valence-corrected chi connectivity index (χ1v) is 6.14. The number of para-hydroxylation sites is 1. The lowest BCUT2D eigenvalue weighted by Crippen LogP contribution is -1.95. The van der Waals surface area contributed by atoms with Gasteiger partial charge in [-0.15, -0.1) is 0 Å². The lowest BCUT2D eigenvalue weighted by Gasteiger charge is -2.02. The number of fused-ring (bicyclic) bond motifs is 3. The zero-order valence-electron chi connectivity index (χ0n) is 9.88. The van der Waals surface area contributed by atoms with Crippen molar-refractivity contribution in [1.29, 1.82) is 0 Å². The molecule has 2 nitrogen and oxygen atoms in total. The van der Waals surface area contributed by atoms with Crippen molar-refractivity contribution in [2.45, 2.75) is 6.42 Å². The monoisotopic (exact) mass is 232 g/mol. The number of hydrogen-bond donors (Lipinski definition) is 0. The molecule has 86 valence electrons. The Morgan fingerprint density at radius 2 is 1.61 bits per heavy atom. The van der Waals surface area contributed by atoms with Crippen molar-refractivity contribution in [3.05, 3.63) is 71.9 Å². The third-order valence-electron chi connectivity index (χ3n) is 3.46. The van der Waals surface area contributed by atoms with Crippen LogP contribution in [0.2, 0.25) is 0 Å². The minimum atomic E-state index is 0.998. The molecular weight excluding hydrogens is 220 g/mol. The van der Waals surface area contributed by atoms with Crippen LogP contribution in [-0.4, -0.2) is 9.78 Å². The van der Waals surface area contributed by atoms with Crippen LogP contribution in [-0.2, 0) is 6.42 Å². The highest BCUT2D eigenvalue weighted by molar-refractivity contribution is 5.73. The maximum absolute atomic E-state index is 4.72. The van der Waals surface area contributed by atoms with Crippen molar-refractivity contribution in [2.75, 3.05) is 0 Å². The van der Waals surface area contributed by atoms with Gasteiger partial charge < -0.3 is 0 Å². The van der Waals surface area contributed by atoms with Crippen LogP contribution < -0.4 is 0 Å². The van der Waals surface area contributed by atoms with Crippen molar-refractivity contribution >= 4 is 0 Å². The van der Waals surface area contributed by atoms with Gasteiger partial charge in [-0.2, -0.15) is 5.10 Å². The topological polar surface area (TPSA) is 17.8 Å². The number of nitrogens with zero attached hydrogens (tertiary/aromatic N) is 2. The van der Waals surface area contributed by atoms with Crippen molar-refractivity contribution in [3.63, 3.8) is 0 Å². The summed E-state index contributed by atoms with van der Waals surface area (Å²) in [6.45, 7) is 0. The van der Waals surface area contributed by atoms with E-state index in [9.17, 15) is 0 Å². The van der Waals surface area contributed by atoms with Crippen LogP contribution in [0.3, 0.4) is 0 Å². The van der Waals surface area contributed by atoms with Crippen LogP contribution >= 0.6 is 0 Å². The predicted molar refractivity (Wildman–Crippen MR) is 71.8 cm³/mol. The lowest BCUT2D eigenvalue weighted by atomic mass is 10.1. The molecule has 0 bridgehead atoms. The third-order valence-corrected chi connectivity index (χ3v) is 3.46. The van der Waals surface area contributed by atoms with Gasteiger partial charge in [-0.3, -0.25) is 0 Å². The molecule has 0 spiro atoms. The van der Waals surface area contributed by atoms with E-state index >= 15 is 0 Å². The zero-order valence-corrected chi connectivity index (χ0v) is 9.88. The van der Waals surface area contributed by atoms with E-state index in [0.29, 0.717) is 0 Å². The van der Waals surface area contributed by atoms with E-state index in [1.54, 1.807) is 0 Å². The molecule has 3 aromatic rings. The van der Waals surface area contributed by atoms with Gasteiger partial charge in [0.1, 0.15) is 0 Å². The summed E-state index contributed by atoms with van der Waals surface area (Å²) in [6, 6.07) is 18.8. The van der Waals surface area contributed by atoms with Crippen LogP contribution in [0.25, 0.3) is 16.9 Å². The largest absolute Gasteiger partial charge is 0.240 e. The second-order valence-electron chi connectivity index (χ2n) is 4.62. The van der Waals surface area contributed by atoms with Gasteiger partial charge in [0.2, 0.25) is 0 Å². The van der Waals surface area contributed by atoms with E-state index in [2.05, 4.69) is 42.6 Å². The quantitative estimate of drug-likeness (QED) is 0.491. The average Bonchev–Trinajstić information content (AvgIpc) is 2.97. The highest BCUT2D eigenvalue weighted by atomic mass is 15.3. The first-order chi connectivity index (χ1) is 8.92. The molecule has 0 N–H and O–H groups in total. The molecule has 18 heavy (non-hydrogen) atoms. The van der Waals surface area contributed by atoms with Gasteiger partial charge in [-0.1, -0.05) is 42.5 Å². The number of aromatic nitrogens is 2. The van der Waals surface area contributed by atoms with Gasteiger partial charge in [0.25, 0.3) is 0 Å². The first kappa shape index (κ1) is 9.66. The van der Waals surface area contributed by atoms with Crippen molar-refractivity contribution in [3.8, 4) is 16.9 Å². The van der Waals surface area contributed by atoms with E-state index in [0.717, 1.165) is 17.8 Å². The highest BCUT2D eigenvalue weighted by Gasteiger charge is 2.21. The summed E-state index contributed by atoms with van der Waals surface area (Å²) >= 11 is 0. The van der Waals surface area contributed by atoms with E-state index in [4.69, 9.17) is 5.10 Å². The fourth-order valence-corrected chi connectivity index (χ4v) is 2.59. The number of rotatable bonds is 1. The molecule has 0 radical (unpaired) electrons. The van der Waals surface area contributed by atoms with Gasteiger partial charge in [-0.05, 0) is 17.7 Å². The number of hydrogen-bond acceptors (Lipinski definition) is 1. The van der Waals surface area contributed by atoms with Gasteiger partial charge >= 0.3 is 0 Å². The second kappa shape index (κ2) is 3.57. The molecule has 0 unspecified atom stereocenters. The lowest BCUT2D eigenvalue weighted by molar-refractivity contribution is 0.881. The molecular formula is C16H12N2. The predicted octanol–water partition coefficient (Wildman–Crippen LogP) is 3.44. The molecule has 0 amide bonds. The molecule has 1 heterocycles. The molecule has 0 fully saturated rings. The summed E-state index contributed by atoms with van der Waals surface area (Å²) in [5.41, 5.74) is 6.23. The zero-order chi connectivity index (χ0) is 11.9. The van der Waals surface area contributed by atoms with Gasteiger partial charge in [-0.25, -0.2) is 4.68 Å². The minimum absolute atomic E-state index is 0.998. The fourth-order valence-electron chi connectivity index (χ4n) is 2.59. The summed E-state index contributed by atoms with van der Waals surface area (Å²) in [6.07, 6.45) is 3.14. The van der Waals surface area contributed by atoms with Gasteiger partial charge in [0, 0.05) is 23.7 Å². The molecule has 1 aromatic heterocycles. The normalized spacial score (nSPS) is 12.2. The van der Waals surface area contributed by atoms with Gasteiger partial charge in [0.15, 0.2) is 0 Å². The summed E-state index contributed by atoms with van der Waals surface area (Å²) < 4.78 is 1.97. The van der Waals surface area contributed by atoms with Crippen LogP contribution in [0.4, 0.5) is 0 Å². The molecule has 1 aliphatic carbocycles. The average molecular weight is 232 g/mol. The maximum Gasteiger partial charge on any atom is 0.0965 e. The second-order valence-corrected chi connectivity index (χ2v) is 4.62. The standard InChI is InChI=1S/C16H12N2/c1-2-7-14(8-3-1)18-11-13-10-12-6-4-5-9-15(12)16(13)17-18/h1-9,11H,10H2. The molecule has 0 aliphatic heterocycles. The summed E-state index contributed by atoms with van der Waals surface area (Å²) in [7, 11) is 0. The molecule has 2 aromatic carbocycles. The molecule has 0 atom stereocenters. The van der Waals surface area contributed by atoms with Crippen LogP contribution in [0.15, 0.2) is 60.8 Å². The van der Waals surface area contributed by atoms with Crippen LogP contribution in [0.1, 0.15) is 11.1 Å². The fraction of sp³-hybridized carbons (Fsp3) is 0.0625. The van der Waals surface area contributed by atoms with Crippen molar-refractivity contribution < 1.29 is 0 Å². The maximum atomic E-state index is 4.72. The Morgan fingerprint density at radius 1 is 0.833 bits per heavy atom. The van der Waals surface area contributed by atoms with Crippen molar-refractivity contribution in [1.82, 2.24) is 9.78 Å². The van der Waals surface area contributed by atoms with E-state index in [-0.39, 0.29) is 0 Å². The SMILES string of the molecule is c1ccc(-n2cc3c(n2)-c2ccccc2C3)cc1. The molecule has 0 saturated heterocycles. The first-order valence-electron chi connectivity index (χ1n) is 6.14. The Kier molecular flexibility index (Phi) is 1.92. The summed E-state index contributed by atoms with van der Waals surface area (Å²) in [4.78, 5) is 0.